The summed E-state index contributed by atoms with van der Waals surface area (Å²) in [4.78, 5) is 4.77. The van der Waals surface area contributed by atoms with Gasteiger partial charge in [-0.2, -0.15) is 5.10 Å². The number of nitrogens with zero attached hydrogens (tertiary/aromatic N) is 3. The van der Waals surface area contributed by atoms with E-state index in [2.05, 4.69) is 0 Å². The Morgan fingerprint density at radius 3 is 2.83 bits per heavy atom. The van der Waals surface area contributed by atoms with Crippen LogP contribution in [-0.4, -0.2) is 34.5 Å². The lowest BCUT2D eigenvalue weighted by Gasteiger charge is -2.18. The molecule has 1 aliphatic rings. The number of ether oxygens (including phenoxy) is 1. The topological polar surface area (TPSA) is 92.0 Å². The number of hydrogen-bond acceptors (Lipinski definition) is 5. The molecule has 2 heterocycles. The molecule has 4 N–H and O–H groups in total. The molecule has 1 aliphatic heterocycles. The minimum absolute atomic E-state index is 0.255. The maximum atomic E-state index is 6.31. The van der Waals surface area contributed by atoms with Crippen LogP contribution in [0.25, 0.3) is 5.69 Å². The quantitative estimate of drug-likeness (QED) is 0.865. The van der Waals surface area contributed by atoms with Gasteiger partial charge in [-0.25, -0.2) is 9.67 Å². The van der Waals surface area contributed by atoms with E-state index in [0.29, 0.717) is 23.9 Å². The third-order valence-electron chi connectivity index (χ3n) is 4.51. The van der Waals surface area contributed by atoms with Crippen LogP contribution in [0.1, 0.15) is 48.4 Å². The van der Waals surface area contributed by atoms with E-state index in [1.165, 1.54) is 0 Å². The van der Waals surface area contributed by atoms with Crippen molar-refractivity contribution in [1.82, 2.24) is 14.8 Å². The smallest absolute Gasteiger partial charge is 0.154 e. The number of rotatable bonds is 5. The molecule has 1 saturated heterocycles. The molecule has 24 heavy (non-hydrogen) atoms. The van der Waals surface area contributed by atoms with Gasteiger partial charge < -0.3 is 16.2 Å². The maximum absolute atomic E-state index is 6.31. The van der Waals surface area contributed by atoms with Gasteiger partial charge in [-0.05, 0) is 50.4 Å². The molecule has 130 valence electrons. The van der Waals surface area contributed by atoms with Crippen molar-refractivity contribution in [2.45, 2.75) is 38.1 Å². The highest BCUT2D eigenvalue weighted by atomic mass is 35.5. The molecule has 1 fully saturated rings. The molecule has 6 nitrogen and oxygen atoms in total. The molecule has 1 atom stereocenters. The van der Waals surface area contributed by atoms with Crippen LogP contribution in [0.4, 0.5) is 0 Å². The maximum Gasteiger partial charge on any atom is 0.154 e. The van der Waals surface area contributed by atoms with Gasteiger partial charge in [0.2, 0.25) is 0 Å². The van der Waals surface area contributed by atoms with E-state index in [-0.39, 0.29) is 6.04 Å². The number of aromatic nitrogens is 3. The molecule has 1 aromatic heterocycles. The summed E-state index contributed by atoms with van der Waals surface area (Å²) in [6, 6.07) is 5.52. The second-order valence-corrected chi connectivity index (χ2v) is 6.60. The summed E-state index contributed by atoms with van der Waals surface area (Å²) in [5.74, 6) is 1.88. The van der Waals surface area contributed by atoms with Gasteiger partial charge in [0.1, 0.15) is 5.82 Å². The van der Waals surface area contributed by atoms with Crippen LogP contribution in [0.5, 0.6) is 0 Å². The molecule has 1 aromatic carbocycles. The number of nitrogens with two attached hydrogens (primary N) is 2. The largest absolute Gasteiger partial charge is 0.381 e. The highest BCUT2D eigenvalue weighted by Crippen LogP contribution is 2.29. The first-order chi connectivity index (χ1) is 11.6. The minimum atomic E-state index is -0.255. The van der Waals surface area contributed by atoms with Gasteiger partial charge in [-0.15, -0.1) is 0 Å². The second-order valence-electron chi connectivity index (χ2n) is 6.19. The lowest BCUT2D eigenvalue weighted by atomic mass is 10.00. The molecular weight excluding hydrogens is 326 g/mol. The normalized spacial score (nSPS) is 17.2. The number of hydrogen-bond donors (Lipinski definition) is 2. The fraction of sp³-hybridized carbons (Fsp3) is 0.529. The van der Waals surface area contributed by atoms with Crippen LogP contribution in [0.2, 0.25) is 5.02 Å². The van der Waals surface area contributed by atoms with Crippen LogP contribution in [0.3, 0.4) is 0 Å². The van der Waals surface area contributed by atoms with E-state index < -0.39 is 0 Å². The lowest BCUT2D eigenvalue weighted by Crippen LogP contribution is -2.20. The fourth-order valence-corrected chi connectivity index (χ4v) is 3.19. The van der Waals surface area contributed by atoms with E-state index in [4.69, 9.17) is 37.9 Å². The highest BCUT2D eigenvalue weighted by molar-refractivity contribution is 6.31. The van der Waals surface area contributed by atoms with E-state index in [1.807, 2.05) is 29.8 Å². The van der Waals surface area contributed by atoms with Crippen molar-refractivity contribution in [3.05, 3.63) is 40.4 Å². The third kappa shape index (κ3) is 3.47. The first-order valence-corrected chi connectivity index (χ1v) is 8.75. The first kappa shape index (κ1) is 17.4. The Hall–Kier alpha value is -1.47. The summed E-state index contributed by atoms with van der Waals surface area (Å²) in [6.07, 6.45) is 2.53. The zero-order chi connectivity index (χ0) is 17.1. The molecule has 7 heteroatoms. The lowest BCUT2D eigenvalue weighted by molar-refractivity contribution is 0.0836. The van der Waals surface area contributed by atoms with Crippen molar-refractivity contribution >= 4 is 11.6 Å². The predicted molar refractivity (Wildman–Crippen MR) is 94.5 cm³/mol. The summed E-state index contributed by atoms with van der Waals surface area (Å²) in [6.45, 7) is 3.99. The van der Waals surface area contributed by atoms with Crippen LogP contribution in [0, 0.1) is 6.92 Å². The summed E-state index contributed by atoms with van der Waals surface area (Å²) in [5.41, 5.74) is 13.9. The molecule has 0 radical (unpaired) electrons. The van der Waals surface area contributed by atoms with Gasteiger partial charge >= 0.3 is 0 Å². The Kier molecular flexibility index (Phi) is 5.50. The van der Waals surface area contributed by atoms with Crippen molar-refractivity contribution in [2.75, 3.05) is 19.8 Å². The van der Waals surface area contributed by atoms with Gasteiger partial charge in [0.15, 0.2) is 5.82 Å². The SMILES string of the molecule is Cc1c(Cl)cccc1-n1nc(C2CCOCC2)nc1[C@@H](N)CCN. The first-order valence-electron chi connectivity index (χ1n) is 8.37. The van der Waals surface area contributed by atoms with E-state index >= 15 is 0 Å². The van der Waals surface area contributed by atoms with Gasteiger partial charge in [0, 0.05) is 24.2 Å². The van der Waals surface area contributed by atoms with Crippen LogP contribution < -0.4 is 11.5 Å². The zero-order valence-corrected chi connectivity index (χ0v) is 14.7. The highest BCUT2D eigenvalue weighted by Gasteiger charge is 2.25. The van der Waals surface area contributed by atoms with E-state index in [9.17, 15) is 0 Å². The second kappa shape index (κ2) is 7.61. The summed E-state index contributed by atoms with van der Waals surface area (Å²) in [7, 11) is 0. The molecule has 3 rings (SSSR count). The molecule has 0 bridgehead atoms. The average molecular weight is 350 g/mol. The van der Waals surface area contributed by atoms with Crippen LogP contribution in [0.15, 0.2) is 18.2 Å². The van der Waals surface area contributed by atoms with Crippen molar-refractivity contribution in [1.29, 1.82) is 0 Å². The molecule has 0 aliphatic carbocycles. The molecule has 0 unspecified atom stereocenters. The summed E-state index contributed by atoms with van der Waals surface area (Å²) in [5, 5.41) is 5.48. The zero-order valence-electron chi connectivity index (χ0n) is 13.9. The van der Waals surface area contributed by atoms with Crippen molar-refractivity contribution in [3.8, 4) is 5.69 Å². The van der Waals surface area contributed by atoms with Crippen LogP contribution >= 0.6 is 11.6 Å². The summed E-state index contributed by atoms with van der Waals surface area (Å²) < 4.78 is 7.28. The molecule has 0 amide bonds. The standard InChI is InChI=1S/C17H24ClN5O/c1-11-13(18)3-2-4-15(11)23-17(14(20)5-8-19)21-16(22-23)12-6-9-24-10-7-12/h2-4,12,14H,5-10,19-20H2,1H3/t14-/m0/s1. The molecule has 0 saturated carbocycles. The Labute approximate surface area is 147 Å². The third-order valence-corrected chi connectivity index (χ3v) is 4.92. The van der Waals surface area contributed by atoms with Gasteiger partial charge in [-0.3, -0.25) is 0 Å². The van der Waals surface area contributed by atoms with Crippen LogP contribution in [-0.2, 0) is 4.74 Å². The Balaban J connectivity index is 2.05. The van der Waals surface area contributed by atoms with Crippen molar-refractivity contribution in [2.24, 2.45) is 11.5 Å². The summed E-state index contributed by atoms with van der Waals surface area (Å²) >= 11 is 6.28. The number of benzene rings is 1. The van der Waals surface area contributed by atoms with Gasteiger partial charge in [-0.1, -0.05) is 17.7 Å². The monoisotopic (exact) mass is 349 g/mol. The minimum Gasteiger partial charge on any atom is -0.381 e. The van der Waals surface area contributed by atoms with Gasteiger partial charge in [0.25, 0.3) is 0 Å². The average Bonchev–Trinajstić information content (AvgIpc) is 3.03. The molecular formula is C17H24ClN5O. The van der Waals surface area contributed by atoms with E-state index in [0.717, 1.165) is 49.0 Å². The Morgan fingerprint density at radius 2 is 2.12 bits per heavy atom. The van der Waals surface area contributed by atoms with Gasteiger partial charge in [0.05, 0.1) is 11.7 Å². The van der Waals surface area contributed by atoms with E-state index in [1.54, 1.807) is 0 Å². The fourth-order valence-electron chi connectivity index (χ4n) is 3.02. The Morgan fingerprint density at radius 1 is 1.38 bits per heavy atom. The molecule has 2 aromatic rings. The predicted octanol–water partition coefficient (Wildman–Crippen LogP) is 2.47. The van der Waals surface area contributed by atoms with Crippen molar-refractivity contribution < 1.29 is 4.74 Å². The number of halogens is 1. The van der Waals surface area contributed by atoms with Crippen molar-refractivity contribution in [3.63, 3.8) is 0 Å². The molecule has 0 spiro atoms. The Bertz CT molecular complexity index is 696.